The zero-order valence-electron chi connectivity index (χ0n) is 31.4. The van der Waals surface area contributed by atoms with Crippen molar-refractivity contribution in [3.8, 4) is 5.75 Å². The van der Waals surface area contributed by atoms with E-state index in [-0.39, 0.29) is 17.0 Å². The number of aromatic amines is 1. The Bertz CT molecular complexity index is 2850. The lowest BCUT2D eigenvalue weighted by Crippen LogP contribution is -2.12. The summed E-state index contributed by atoms with van der Waals surface area (Å²) in [4.78, 5) is 19.6. The van der Waals surface area contributed by atoms with Crippen LogP contribution in [-0.4, -0.2) is 16.0 Å². The summed E-state index contributed by atoms with van der Waals surface area (Å²) in [7, 11) is 0. The van der Waals surface area contributed by atoms with E-state index in [9.17, 15) is 9.90 Å². The van der Waals surface area contributed by atoms with E-state index in [0.717, 1.165) is 68.2 Å². The Labute approximate surface area is 330 Å². The van der Waals surface area contributed by atoms with Gasteiger partial charge in [-0.05, 0) is 109 Å². The first-order valence-corrected chi connectivity index (χ1v) is 19.1. The molecule has 0 saturated heterocycles. The summed E-state index contributed by atoms with van der Waals surface area (Å²) in [5.74, 6) is -0.675. The van der Waals surface area contributed by atoms with Gasteiger partial charge in [-0.2, -0.15) is 5.11 Å². The number of nitrogens with zero attached hydrogens (tertiary/aromatic N) is 3. The molecule has 0 fully saturated rings. The summed E-state index contributed by atoms with van der Waals surface area (Å²) in [5, 5.41) is 27.3. The molecule has 276 valence electrons. The number of benzene rings is 8. The Morgan fingerprint density at radius 2 is 1.23 bits per heavy atom. The maximum atomic E-state index is 13.8. The van der Waals surface area contributed by atoms with Crippen LogP contribution in [0.1, 0.15) is 27.0 Å². The second-order valence-corrected chi connectivity index (χ2v) is 14.2. The predicted molar refractivity (Wildman–Crippen MR) is 233 cm³/mol. The van der Waals surface area contributed by atoms with Gasteiger partial charge in [-0.15, -0.1) is 5.11 Å². The van der Waals surface area contributed by atoms with Crippen LogP contribution < -0.4 is 10.2 Å². The molecular formula is C50H39N5O2. The second-order valence-electron chi connectivity index (χ2n) is 14.2. The summed E-state index contributed by atoms with van der Waals surface area (Å²) >= 11 is 0. The molecule has 0 radical (unpaired) electrons. The summed E-state index contributed by atoms with van der Waals surface area (Å²) in [6, 6.07) is 58.8. The number of carbonyl (C=O) groups excluding carboxylic acids is 1. The number of anilines is 4. The maximum absolute atomic E-state index is 13.8. The number of carbonyl (C=O) groups is 1. The van der Waals surface area contributed by atoms with Crippen LogP contribution in [0.5, 0.6) is 5.75 Å². The third kappa shape index (κ3) is 7.22. The van der Waals surface area contributed by atoms with Gasteiger partial charge in [0.05, 0.1) is 16.8 Å². The lowest BCUT2D eigenvalue weighted by Gasteiger charge is -2.25. The van der Waals surface area contributed by atoms with E-state index in [1.54, 1.807) is 6.07 Å². The number of azo groups is 1. The largest absolute Gasteiger partial charge is 0.505 e. The van der Waals surface area contributed by atoms with Crippen molar-refractivity contribution in [1.29, 1.82) is 0 Å². The molecule has 0 unspecified atom stereocenters. The van der Waals surface area contributed by atoms with E-state index in [1.165, 1.54) is 5.56 Å². The number of phenolic OH excluding ortho intramolecular Hbond substituents is 1. The topological polar surface area (TPSA) is 93.1 Å². The van der Waals surface area contributed by atoms with E-state index < -0.39 is 5.91 Å². The van der Waals surface area contributed by atoms with Crippen molar-refractivity contribution in [2.24, 2.45) is 10.2 Å². The minimum atomic E-state index is -0.439. The number of phenols is 1. The Balaban J connectivity index is 0.940. The van der Waals surface area contributed by atoms with Crippen molar-refractivity contribution in [1.82, 2.24) is 4.98 Å². The van der Waals surface area contributed by atoms with Crippen molar-refractivity contribution < 1.29 is 9.90 Å². The van der Waals surface area contributed by atoms with Gasteiger partial charge in [0.2, 0.25) is 0 Å². The third-order valence-electron chi connectivity index (χ3n) is 10.4. The SMILES string of the molecule is Cc1ccc(N=Nc2c(O)c(C(=O)Nc3ccc(CCc4ccc(N(c5ccccc5)c5ccccc5)cc4)cc3)cc3ccc4c5ccccc5[nH]c4c23)cc1. The number of aromatic hydroxyl groups is 1. The highest BCUT2D eigenvalue weighted by atomic mass is 16.3. The van der Waals surface area contributed by atoms with Crippen molar-refractivity contribution in [2.45, 2.75) is 19.8 Å². The monoisotopic (exact) mass is 741 g/mol. The van der Waals surface area contributed by atoms with Crippen molar-refractivity contribution in [3.63, 3.8) is 0 Å². The fraction of sp³-hybridized carbons (Fsp3) is 0.0600. The van der Waals surface area contributed by atoms with Crippen LogP contribution in [0.3, 0.4) is 0 Å². The first-order valence-electron chi connectivity index (χ1n) is 19.1. The van der Waals surface area contributed by atoms with Crippen molar-refractivity contribution in [3.05, 3.63) is 198 Å². The van der Waals surface area contributed by atoms with Crippen molar-refractivity contribution in [2.75, 3.05) is 10.2 Å². The number of hydrogen-bond acceptors (Lipinski definition) is 5. The third-order valence-corrected chi connectivity index (χ3v) is 10.4. The molecule has 3 N–H and O–H groups in total. The van der Waals surface area contributed by atoms with Gasteiger partial charge in [0, 0.05) is 44.4 Å². The molecule has 1 aromatic heterocycles. The Kier molecular flexibility index (Phi) is 9.46. The highest BCUT2D eigenvalue weighted by molar-refractivity contribution is 6.22. The van der Waals surface area contributed by atoms with E-state index in [0.29, 0.717) is 16.8 Å². The number of rotatable bonds is 10. The number of H-pyrrole nitrogens is 1. The van der Waals surface area contributed by atoms with E-state index >= 15 is 0 Å². The highest BCUT2D eigenvalue weighted by Gasteiger charge is 2.22. The lowest BCUT2D eigenvalue weighted by atomic mass is 10.00. The number of para-hydroxylation sites is 3. The number of hydrogen-bond donors (Lipinski definition) is 3. The molecule has 57 heavy (non-hydrogen) atoms. The fourth-order valence-corrected chi connectivity index (χ4v) is 7.42. The standard InChI is InChI=1S/C50H39N5O2/c1-33-16-25-38(26-17-33)53-54-48-46-36(24-31-43-42-14-8-9-15-45(42)52-47(43)46)32-44(49(48)56)50(57)51-37-27-20-34(21-28-37)18-19-35-22-29-41(30-23-35)55(39-10-4-2-5-11-39)40-12-6-3-7-13-40/h2-17,20-32,52,56H,18-19H2,1H3,(H,51,57). The minimum Gasteiger partial charge on any atom is -0.505 e. The zero-order chi connectivity index (χ0) is 38.7. The smallest absolute Gasteiger partial charge is 0.259 e. The van der Waals surface area contributed by atoms with Gasteiger partial charge >= 0.3 is 0 Å². The van der Waals surface area contributed by atoms with Crippen LogP contribution >= 0.6 is 0 Å². The number of amides is 1. The van der Waals surface area contributed by atoms with E-state index in [1.807, 2.05) is 97.9 Å². The van der Waals surface area contributed by atoms with Crippen LogP contribution in [-0.2, 0) is 12.8 Å². The molecule has 0 aliphatic heterocycles. The summed E-state index contributed by atoms with van der Waals surface area (Å²) in [6.45, 7) is 2.01. The average molecular weight is 742 g/mol. The van der Waals surface area contributed by atoms with Crippen molar-refractivity contribution >= 4 is 72.6 Å². The quantitative estimate of drug-likeness (QED) is 0.122. The summed E-state index contributed by atoms with van der Waals surface area (Å²) < 4.78 is 0. The highest BCUT2D eigenvalue weighted by Crippen LogP contribution is 2.44. The summed E-state index contributed by atoms with van der Waals surface area (Å²) in [6.07, 6.45) is 1.72. The van der Waals surface area contributed by atoms with Crippen LogP contribution in [0.25, 0.3) is 32.6 Å². The molecule has 7 nitrogen and oxygen atoms in total. The molecule has 8 aromatic carbocycles. The van der Waals surface area contributed by atoms with Crippen LogP contribution in [0.2, 0.25) is 0 Å². The predicted octanol–water partition coefficient (Wildman–Crippen LogP) is 13.4. The van der Waals surface area contributed by atoms with Crippen LogP contribution in [0, 0.1) is 6.92 Å². The minimum absolute atomic E-state index is 0.112. The molecule has 0 aliphatic carbocycles. The normalized spacial score (nSPS) is 11.5. The van der Waals surface area contributed by atoms with Gasteiger partial charge in [-0.25, -0.2) is 0 Å². The number of fused-ring (bicyclic) bond motifs is 5. The Hall–Kier alpha value is -7.51. The molecule has 9 aromatic rings. The average Bonchev–Trinajstić information content (AvgIpc) is 3.64. The first kappa shape index (κ1) is 35.2. The molecule has 0 atom stereocenters. The molecule has 1 heterocycles. The molecule has 7 heteroatoms. The van der Waals surface area contributed by atoms with Crippen LogP contribution in [0.4, 0.5) is 34.1 Å². The molecule has 0 aliphatic rings. The van der Waals surface area contributed by atoms with Gasteiger partial charge in [-0.3, -0.25) is 4.79 Å². The number of aryl methyl sites for hydroxylation is 3. The zero-order valence-corrected chi connectivity index (χ0v) is 31.4. The van der Waals surface area contributed by atoms with Crippen LogP contribution in [0.15, 0.2) is 186 Å². The Morgan fingerprint density at radius 3 is 1.89 bits per heavy atom. The van der Waals surface area contributed by atoms with Gasteiger partial charge in [-0.1, -0.05) is 109 Å². The molecule has 0 saturated carbocycles. The maximum Gasteiger partial charge on any atom is 0.259 e. The second kappa shape index (κ2) is 15.3. The fourth-order valence-electron chi connectivity index (χ4n) is 7.42. The van der Waals surface area contributed by atoms with Gasteiger partial charge in [0.25, 0.3) is 5.91 Å². The summed E-state index contributed by atoms with van der Waals surface area (Å²) in [5.41, 5.74) is 10.2. The Morgan fingerprint density at radius 1 is 0.632 bits per heavy atom. The van der Waals surface area contributed by atoms with E-state index in [2.05, 4.69) is 104 Å². The number of aromatic nitrogens is 1. The lowest BCUT2D eigenvalue weighted by molar-refractivity contribution is 0.102. The van der Waals surface area contributed by atoms with E-state index in [4.69, 9.17) is 0 Å². The van der Waals surface area contributed by atoms with Gasteiger partial charge < -0.3 is 20.3 Å². The molecular weight excluding hydrogens is 703 g/mol. The number of nitrogens with one attached hydrogen (secondary N) is 2. The first-order chi connectivity index (χ1) is 28.0. The van der Waals surface area contributed by atoms with Gasteiger partial charge in [0.1, 0.15) is 5.69 Å². The molecule has 0 spiro atoms. The molecule has 9 rings (SSSR count). The van der Waals surface area contributed by atoms with Gasteiger partial charge in [0.15, 0.2) is 5.75 Å². The molecule has 1 amide bonds. The molecule has 0 bridgehead atoms.